The quantitative estimate of drug-likeness (QED) is 0.144. The summed E-state index contributed by atoms with van der Waals surface area (Å²) >= 11 is 5.07. The van der Waals surface area contributed by atoms with E-state index in [0.717, 1.165) is 17.2 Å². The smallest absolute Gasteiger partial charge is 0.472 e. The molecule has 3 aliphatic rings. The first-order valence-electron chi connectivity index (χ1n) is 12.9. The number of alkyl halides is 1. The number of aromatic nitrogens is 8. The van der Waals surface area contributed by atoms with Gasteiger partial charge in [-0.1, -0.05) is 11.8 Å². The average Bonchev–Trinajstić information content (AvgIpc) is 3.72. The van der Waals surface area contributed by atoms with Gasteiger partial charge in [-0.2, -0.15) is 4.98 Å². The highest BCUT2D eigenvalue weighted by atomic mass is 32.5. The molecule has 0 spiro atoms. The number of imidazole rings is 2. The summed E-state index contributed by atoms with van der Waals surface area (Å²) in [6.07, 6.45) is -9.77. The molecule has 0 aliphatic carbocycles. The van der Waals surface area contributed by atoms with Gasteiger partial charge in [0.2, 0.25) is 5.95 Å². The van der Waals surface area contributed by atoms with Gasteiger partial charge in [0.1, 0.15) is 49.1 Å². The molecule has 4 aromatic rings. The van der Waals surface area contributed by atoms with E-state index in [0.29, 0.717) is 0 Å². The Kier molecular flexibility index (Phi) is 7.50. The molecule has 0 saturated carbocycles. The number of hydrogen-bond donors (Lipinski definition) is 5. The molecule has 10 atom stereocenters. The Morgan fingerprint density at radius 2 is 1.69 bits per heavy atom. The van der Waals surface area contributed by atoms with Crippen LogP contribution in [0.15, 0.2) is 23.8 Å². The molecule has 242 valence electrons. The molecule has 0 amide bonds. The number of hydrogen-bond acceptors (Lipinski definition) is 18. The zero-order chi connectivity index (χ0) is 31.8. The van der Waals surface area contributed by atoms with Crippen LogP contribution in [0.25, 0.3) is 22.3 Å². The number of nitrogens with two attached hydrogens (primary N) is 2. The second-order valence-electron chi connectivity index (χ2n) is 10.1. The van der Waals surface area contributed by atoms with Crippen LogP contribution in [0.5, 0.6) is 0 Å². The maximum Gasteiger partial charge on any atom is 0.472 e. The topological polar surface area (TPSA) is 295 Å². The molecule has 2 bridgehead atoms. The van der Waals surface area contributed by atoms with Crippen LogP contribution in [0.2, 0.25) is 0 Å². The highest BCUT2D eigenvalue weighted by molar-refractivity contribution is 8.06. The zero-order valence-corrected chi connectivity index (χ0v) is 24.9. The van der Waals surface area contributed by atoms with E-state index in [9.17, 15) is 24.3 Å². The van der Waals surface area contributed by atoms with E-state index in [-0.39, 0.29) is 34.1 Å². The first-order valence-corrected chi connectivity index (χ1v) is 16.9. The molecule has 0 aromatic carbocycles. The molecule has 0 radical (unpaired) electrons. The summed E-state index contributed by atoms with van der Waals surface area (Å²) in [4.78, 5) is 58.5. The number of rotatable bonds is 2. The van der Waals surface area contributed by atoms with Gasteiger partial charge in [0, 0.05) is 0 Å². The number of ether oxygens (including phenoxy) is 2. The summed E-state index contributed by atoms with van der Waals surface area (Å²) in [6.45, 7) is -6.15. The summed E-state index contributed by atoms with van der Waals surface area (Å²) in [5.74, 6) is -0.253. The van der Waals surface area contributed by atoms with E-state index >= 15 is 4.39 Å². The van der Waals surface area contributed by atoms with Gasteiger partial charge in [0.25, 0.3) is 5.56 Å². The molecule has 45 heavy (non-hydrogen) atoms. The zero-order valence-electron chi connectivity index (χ0n) is 22.3. The van der Waals surface area contributed by atoms with Crippen LogP contribution in [0.1, 0.15) is 12.5 Å². The van der Waals surface area contributed by atoms with Gasteiger partial charge in [-0.15, -0.1) is 0 Å². The minimum Gasteiger partial charge on any atom is -0.780 e. The summed E-state index contributed by atoms with van der Waals surface area (Å²) in [5.41, 5.74) is 10.8. The number of fused-ring (bicyclic) bond motifs is 5. The van der Waals surface area contributed by atoms with Crippen molar-refractivity contribution in [3.8, 4) is 0 Å². The Balaban J connectivity index is 1.21. The van der Waals surface area contributed by atoms with Crippen molar-refractivity contribution in [1.82, 2.24) is 39.0 Å². The van der Waals surface area contributed by atoms with Crippen molar-refractivity contribution in [3.05, 3.63) is 29.3 Å². The molecule has 3 saturated heterocycles. The molecular weight excluding hydrogens is 669 g/mol. The second kappa shape index (κ2) is 11.0. The van der Waals surface area contributed by atoms with Crippen molar-refractivity contribution >= 4 is 60.4 Å². The maximum atomic E-state index is 15.9. The lowest BCUT2D eigenvalue weighted by atomic mass is 10.1. The van der Waals surface area contributed by atoms with Crippen molar-refractivity contribution in [2.75, 3.05) is 24.7 Å². The number of phosphoric ester groups is 1. The molecule has 7 N–H and O–H groups in total. The van der Waals surface area contributed by atoms with E-state index in [1.807, 2.05) is 0 Å². The van der Waals surface area contributed by atoms with Gasteiger partial charge >= 0.3 is 7.82 Å². The second-order valence-corrected chi connectivity index (χ2v) is 14.2. The van der Waals surface area contributed by atoms with Crippen LogP contribution < -0.4 is 21.9 Å². The van der Waals surface area contributed by atoms with Crippen molar-refractivity contribution in [2.45, 2.75) is 49.1 Å². The summed E-state index contributed by atoms with van der Waals surface area (Å²) in [5, 5.41) is 11.0. The molecule has 21 nitrogen and oxygen atoms in total. The van der Waals surface area contributed by atoms with Gasteiger partial charge in [-0.05, 0) is 0 Å². The van der Waals surface area contributed by atoms with Crippen molar-refractivity contribution in [3.63, 3.8) is 0 Å². The minimum atomic E-state index is -5.11. The Morgan fingerprint density at radius 3 is 2.47 bits per heavy atom. The number of nitrogen functional groups attached to an aromatic ring is 2. The van der Waals surface area contributed by atoms with Crippen LogP contribution in [0.4, 0.5) is 16.2 Å². The standard InChI is InChI=1S/C20H23FN10O11P2S/c21-8-12-7(40-18(8)30-4-26-9-14(22)24-3-25-15(9)30)2-38-44(36,45)42-13-11(32)6(1-37-43(34,35)41-12)39-19(13)31-5-27-10-16(31)28-20(23)29-17(10)33/h3-8,11-13,18-19,32H,1-2H2,(H,34,35)(H,36,45)(H2,22,24,25)(H3,23,28,29,33)/p-1/t6-,7-,8?,11+,12+,13?,18-,19-,44?/m1/s1. The predicted molar refractivity (Wildman–Crippen MR) is 147 cm³/mol. The van der Waals surface area contributed by atoms with Crippen LogP contribution in [0, 0.1) is 0 Å². The maximum absolute atomic E-state index is 15.9. The molecular formula is C20H22FN10O11P2S-. The molecule has 4 unspecified atom stereocenters. The third kappa shape index (κ3) is 5.43. The van der Waals surface area contributed by atoms with Crippen molar-refractivity contribution < 1.29 is 51.4 Å². The number of aliphatic hydroxyl groups excluding tert-OH is 1. The lowest BCUT2D eigenvalue weighted by Crippen LogP contribution is -2.36. The van der Waals surface area contributed by atoms with Gasteiger partial charge < -0.3 is 44.9 Å². The summed E-state index contributed by atoms with van der Waals surface area (Å²) < 4.78 is 64.0. The molecule has 25 heteroatoms. The van der Waals surface area contributed by atoms with E-state index in [1.54, 1.807) is 0 Å². The van der Waals surface area contributed by atoms with Gasteiger partial charge in [-0.3, -0.25) is 28.0 Å². The number of aromatic amines is 1. The molecule has 7 heterocycles. The lowest BCUT2D eigenvalue weighted by Gasteiger charge is -2.34. The summed E-state index contributed by atoms with van der Waals surface area (Å²) in [6, 6.07) is 0. The fourth-order valence-electron chi connectivity index (χ4n) is 5.25. The van der Waals surface area contributed by atoms with Gasteiger partial charge in [0.05, 0.1) is 25.9 Å². The third-order valence-electron chi connectivity index (χ3n) is 7.27. The molecule has 4 aromatic heterocycles. The van der Waals surface area contributed by atoms with E-state index < -0.39 is 82.5 Å². The van der Waals surface area contributed by atoms with Crippen molar-refractivity contribution in [2.24, 2.45) is 0 Å². The molecule has 3 aliphatic heterocycles. The Labute approximate surface area is 254 Å². The SMILES string of the molecule is Nc1nc2c(ncn2[C@@H]2O[C@@H]3COP(=O)(O)O[C@@H]4C(F)[C@H](n5cnc6c(N)ncnc65)O[C@@H]4COP([O-])(=S)OC2[C@H]3O)c(=O)[nH]1. The van der Waals surface area contributed by atoms with Crippen LogP contribution in [0.3, 0.4) is 0 Å². The van der Waals surface area contributed by atoms with Gasteiger partial charge in [0.15, 0.2) is 41.3 Å². The summed E-state index contributed by atoms with van der Waals surface area (Å²) in [7, 11) is -5.11. The highest BCUT2D eigenvalue weighted by Gasteiger charge is 2.53. The Bertz CT molecular complexity index is 1950. The normalized spacial score (nSPS) is 37.7. The Morgan fingerprint density at radius 1 is 1.00 bits per heavy atom. The molecule has 7 rings (SSSR count). The fourth-order valence-corrected chi connectivity index (χ4v) is 7.61. The molecule has 3 fully saturated rings. The number of nitrogens with one attached hydrogen (secondary N) is 1. The monoisotopic (exact) mass is 691 g/mol. The predicted octanol–water partition coefficient (Wildman–Crippen LogP) is -1.88. The van der Waals surface area contributed by atoms with Crippen LogP contribution in [-0.4, -0.2) is 98.9 Å². The van der Waals surface area contributed by atoms with E-state index in [4.69, 9.17) is 50.8 Å². The van der Waals surface area contributed by atoms with E-state index in [1.165, 1.54) is 10.9 Å². The highest BCUT2D eigenvalue weighted by Crippen LogP contribution is 2.53. The van der Waals surface area contributed by atoms with E-state index in [2.05, 4.69) is 29.9 Å². The number of H-pyrrole nitrogens is 1. The number of phosphoric acid groups is 1. The number of anilines is 2. The largest absolute Gasteiger partial charge is 0.780 e. The van der Waals surface area contributed by atoms with Gasteiger partial charge in [-0.25, -0.2) is 28.9 Å². The average molecular weight is 691 g/mol. The number of halogens is 1. The van der Waals surface area contributed by atoms with Crippen LogP contribution >= 0.6 is 14.5 Å². The Hall–Kier alpha value is -3.05. The minimum absolute atomic E-state index is 0.0128. The van der Waals surface area contributed by atoms with Crippen LogP contribution in [-0.2, 0) is 43.9 Å². The third-order valence-corrected chi connectivity index (χ3v) is 9.80. The fraction of sp³-hybridized carbons (Fsp3) is 0.500. The van der Waals surface area contributed by atoms with Crippen molar-refractivity contribution in [1.29, 1.82) is 0 Å². The first-order chi connectivity index (χ1) is 21.3. The first kappa shape index (κ1) is 30.6. The number of aliphatic hydroxyl groups is 1. The number of nitrogens with zero attached hydrogens (tertiary/aromatic N) is 7. The lowest BCUT2D eigenvalue weighted by molar-refractivity contribution is -0.218.